The number of thioether (sulfide) groups is 1. The van der Waals surface area contributed by atoms with Gasteiger partial charge in [-0.05, 0) is 55.1 Å². The maximum Gasteiger partial charge on any atom is 0.433 e. The summed E-state index contributed by atoms with van der Waals surface area (Å²) in [7, 11) is 0. The first-order valence-electron chi connectivity index (χ1n) is 7.23. The lowest BCUT2D eigenvalue weighted by Gasteiger charge is -2.06. The van der Waals surface area contributed by atoms with E-state index in [1.807, 2.05) is 0 Å². The number of halogens is 4. The fraction of sp³-hybridized carbons (Fsp3) is 0.118. The lowest BCUT2D eigenvalue weighted by Crippen LogP contribution is -2.07. The standard InChI is InChI=1S/C17H10ClF3N2O2S/c1-9-14(16(24)26-12-5-3-11(18)4-6-12)15(23-25-9)10-2-7-13(22-8-10)17(19,20)21/h2-8H,1H3. The molecule has 4 nitrogen and oxygen atoms in total. The minimum absolute atomic E-state index is 0.148. The number of aryl methyl sites for hydroxylation is 1. The number of rotatable bonds is 3. The Bertz CT molecular complexity index is 938. The summed E-state index contributed by atoms with van der Waals surface area (Å²) in [5, 5.41) is 4.00. The second-order valence-electron chi connectivity index (χ2n) is 5.24. The van der Waals surface area contributed by atoms with Crippen LogP contribution in [0.15, 0.2) is 52.0 Å². The van der Waals surface area contributed by atoms with Gasteiger partial charge in [-0.25, -0.2) is 0 Å². The van der Waals surface area contributed by atoms with Crippen molar-refractivity contribution in [3.63, 3.8) is 0 Å². The van der Waals surface area contributed by atoms with E-state index in [1.54, 1.807) is 31.2 Å². The van der Waals surface area contributed by atoms with Crippen LogP contribution >= 0.6 is 23.4 Å². The quantitative estimate of drug-likeness (QED) is 0.533. The zero-order valence-corrected chi connectivity index (χ0v) is 14.7. The molecule has 0 unspecified atom stereocenters. The van der Waals surface area contributed by atoms with Gasteiger partial charge in [-0.3, -0.25) is 9.78 Å². The molecule has 2 aromatic heterocycles. The summed E-state index contributed by atoms with van der Waals surface area (Å²) < 4.78 is 43.0. The van der Waals surface area contributed by atoms with Crippen molar-refractivity contribution < 1.29 is 22.5 Å². The zero-order valence-electron chi connectivity index (χ0n) is 13.2. The monoisotopic (exact) mass is 398 g/mol. The van der Waals surface area contributed by atoms with Crippen molar-refractivity contribution in [3.05, 3.63) is 64.6 Å². The Labute approximate surface area is 155 Å². The van der Waals surface area contributed by atoms with Gasteiger partial charge in [-0.2, -0.15) is 13.2 Å². The summed E-state index contributed by atoms with van der Waals surface area (Å²) in [6, 6.07) is 8.72. The molecule has 134 valence electrons. The van der Waals surface area contributed by atoms with Gasteiger partial charge < -0.3 is 4.52 Å². The van der Waals surface area contributed by atoms with Crippen LogP contribution in [0.1, 0.15) is 21.8 Å². The molecular weight excluding hydrogens is 389 g/mol. The molecule has 0 aliphatic carbocycles. The van der Waals surface area contributed by atoms with Gasteiger partial charge in [0, 0.05) is 21.7 Å². The van der Waals surface area contributed by atoms with Crippen LogP contribution in [-0.2, 0) is 6.18 Å². The lowest BCUT2D eigenvalue weighted by atomic mass is 10.1. The van der Waals surface area contributed by atoms with Crippen LogP contribution in [0.3, 0.4) is 0 Å². The number of benzene rings is 1. The van der Waals surface area contributed by atoms with Gasteiger partial charge in [-0.15, -0.1) is 0 Å². The Morgan fingerprint density at radius 2 is 1.85 bits per heavy atom. The molecule has 26 heavy (non-hydrogen) atoms. The third-order valence-corrected chi connectivity index (χ3v) is 4.57. The Morgan fingerprint density at radius 1 is 1.15 bits per heavy atom. The number of carbonyl (C=O) groups is 1. The molecule has 0 fully saturated rings. The van der Waals surface area contributed by atoms with Crippen LogP contribution in [0, 0.1) is 6.92 Å². The molecule has 0 N–H and O–H groups in total. The Balaban J connectivity index is 1.91. The van der Waals surface area contributed by atoms with Crippen LogP contribution in [-0.4, -0.2) is 15.3 Å². The van der Waals surface area contributed by atoms with Gasteiger partial charge in [-0.1, -0.05) is 16.8 Å². The molecule has 0 amide bonds. The fourth-order valence-corrected chi connectivity index (χ4v) is 3.13. The molecule has 0 atom stereocenters. The van der Waals surface area contributed by atoms with Gasteiger partial charge in [0.05, 0.1) is 5.56 Å². The lowest BCUT2D eigenvalue weighted by molar-refractivity contribution is -0.141. The Kier molecular flexibility index (Phi) is 5.06. The molecule has 0 bridgehead atoms. The predicted octanol–water partition coefficient (Wildman–Crippen LogP) is 5.65. The maximum atomic E-state index is 12.6. The number of hydrogen-bond donors (Lipinski definition) is 0. The highest BCUT2D eigenvalue weighted by Gasteiger charge is 2.32. The van der Waals surface area contributed by atoms with Crippen LogP contribution < -0.4 is 0 Å². The molecule has 0 aliphatic rings. The number of alkyl halides is 3. The molecule has 3 aromatic rings. The normalized spacial score (nSPS) is 11.6. The van der Waals surface area contributed by atoms with E-state index in [2.05, 4.69) is 10.1 Å². The molecule has 0 radical (unpaired) electrons. The number of carbonyl (C=O) groups excluding carboxylic acids is 1. The molecule has 9 heteroatoms. The van der Waals surface area contributed by atoms with E-state index in [0.717, 1.165) is 24.0 Å². The minimum Gasteiger partial charge on any atom is -0.360 e. The van der Waals surface area contributed by atoms with Crippen molar-refractivity contribution in [2.45, 2.75) is 18.0 Å². The van der Waals surface area contributed by atoms with E-state index >= 15 is 0 Å². The predicted molar refractivity (Wildman–Crippen MR) is 91.1 cm³/mol. The topological polar surface area (TPSA) is 56.0 Å². The summed E-state index contributed by atoms with van der Waals surface area (Å²) in [6.45, 7) is 1.56. The smallest absolute Gasteiger partial charge is 0.360 e. The van der Waals surface area contributed by atoms with E-state index in [1.165, 1.54) is 6.07 Å². The van der Waals surface area contributed by atoms with Crippen LogP contribution in [0.2, 0.25) is 5.02 Å². The van der Waals surface area contributed by atoms with E-state index < -0.39 is 11.9 Å². The molecule has 0 spiro atoms. The number of nitrogens with zero attached hydrogens (tertiary/aromatic N) is 2. The number of pyridine rings is 1. The third-order valence-electron chi connectivity index (χ3n) is 3.42. The highest BCUT2D eigenvalue weighted by molar-refractivity contribution is 8.14. The van der Waals surface area contributed by atoms with Crippen molar-refractivity contribution in [1.29, 1.82) is 0 Å². The van der Waals surface area contributed by atoms with Crippen LogP contribution in [0.4, 0.5) is 13.2 Å². The first kappa shape index (κ1) is 18.5. The minimum atomic E-state index is -4.54. The van der Waals surface area contributed by atoms with E-state index in [0.29, 0.717) is 9.92 Å². The average molecular weight is 399 g/mol. The molecule has 2 heterocycles. The highest BCUT2D eigenvalue weighted by Crippen LogP contribution is 2.33. The first-order chi connectivity index (χ1) is 12.3. The van der Waals surface area contributed by atoms with Crippen molar-refractivity contribution in [2.75, 3.05) is 0 Å². The van der Waals surface area contributed by atoms with Crippen molar-refractivity contribution >= 4 is 28.5 Å². The van der Waals surface area contributed by atoms with Gasteiger partial charge in [0.25, 0.3) is 0 Å². The molecule has 0 saturated carbocycles. The van der Waals surface area contributed by atoms with Crippen molar-refractivity contribution in [3.8, 4) is 11.3 Å². The molecular formula is C17H10ClF3N2O2S. The largest absolute Gasteiger partial charge is 0.433 e. The summed E-state index contributed by atoms with van der Waals surface area (Å²) in [5.41, 5.74) is -0.429. The average Bonchev–Trinajstić information content (AvgIpc) is 2.98. The fourth-order valence-electron chi connectivity index (χ4n) is 2.17. The molecule has 3 rings (SSSR count). The molecule has 0 aliphatic heterocycles. The first-order valence-corrected chi connectivity index (χ1v) is 8.43. The third kappa shape index (κ3) is 3.91. The van der Waals surface area contributed by atoms with Crippen LogP contribution in [0.25, 0.3) is 11.3 Å². The van der Waals surface area contributed by atoms with E-state index in [-0.39, 0.29) is 27.7 Å². The molecule has 1 aromatic carbocycles. The van der Waals surface area contributed by atoms with Gasteiger partial charge >= 0.3 is 6.18 Å². The van der Waals surface area contributed by atoms with Gasteiger partial charge in [0.2, 0.25) is 5.12 Å². The maximum absolute atomic E-state index is 12.6. The SMILES string of the molecule is Cc1onc(-c2ccc(C(F)(F)F)nc2)c1C(=O)Sc1ccc(Cl)cc1. The summed E-state index contributed by atoms with van der Waals surface area (Å²) in [5.74, 6) is 0.270. The van der Waals surface area contributed by atoms with Crippen molar-refractivity contribution in [2.24, 2.45) is 0 Å². The summed E-state index contributed by atoms with van der Waals surface area (Å²) in [6.07, 6.45) is -3.52. The van der Waals surface area contributed by atoms with E-state index in [9.17, 15) is 18.0 Å². The second-order valence-corrected chi connectivity index (χ2v) is 6.72. The Morgan fingerprint density at radius 3 is 2.42 bits per heavy atom. The van der Waals surface area contributed by atoms with Crippen LogP contribution in [0.5, 0.6) is 0 Å². The highest BCUT2D eigenvalue weighted by atomic mass is 35.5. The van der Waals surface area contributed by atoms with E-state index in [4.69, 9.17) is 16.1 Å². The summed E-state index contributed by atoms with van der Waals surface area (Å²) in [4.78, 5) is 16.7. The number of aromatic nitrogens is 2. The van der Waals surface area contributed by atoms with Crippen molar-refractivity contribution in [1.82, 2.24) is 10.1 Å². The second kappa shape index (κ2) is 7.13. The van der Waals surface area contributed by atoms with Gasteiger partial charge in [0.1, 0.15) is 17.1 Å². The summed E-state index contributed by atoms with van der Waals surface area (Å²) >= 11 is 6.76. The van der Waals surface area contributed by atoms with Gasteiger partial charge in [0.15, 0.2) is 0 Å². The molecule has 0 saturated heterocycles. The number of hydrogen-bond acceptors (Lipinski definition) is 5. The Hall–Kier alpha value is -2.32. The zero-order chi connectivity index (χ0) is 18.9.